The third kappa shape index (κ3) is 3.97. The number of nitrogens with zero attached hydrogens (tertiary/aromatic N) is 2. The monoisotopic (exact) mass is 340 g/mol. The van der Waals surface area contributed by atoms with Gasteiger partial charge in [0.05, 0.1) is 16.9 Å². The van der Waals surface area contributed by atoms with E-state index in [0.29, 0.717) is 0 Å². The van der Waals surface area contributed by atoms with Crippen LogP contribution in [0.2, 0.25) is 0 Å². The highest BCUT2D eigenvalue weighted by molar-refractivity contribution is 5.92. The van der Waals surface area contributed by atoms with Crippen LogP contribution >= 0.6 is 0 Å². The van der Waals surface area contributed by atoms with Gasteiger partial charge in [0.15, 0.2) is 0 Å². The van der Waals surface area contributed by atoms with E-state index < -0.39 is 40.5 Å². The molecule has 126 valence electrons. The van der Waals surface area contributed by atoms with Crippen molar-refractivity contribution in [2.24, 2.45) is 0 Å². The zero-order valence-electron chi connectivity index (χ0n) is 12.0. The van der Waals surface area contributed by atoms with Crippen molar-refractivity contribution >= 4 is 23.2 Å². The summed E-state index contributed by atoms with van der Waals surface area (Å²) in [5.41, 5.74) is 3.84. The van der Waals surface area contributed by atoms with Crippen molar-refractivity contribution < 1.29 is 22.9 Å². The molecule has 1 heterocycles. The molecule has 1 aromatic carbocycles. The lowest BCUT2D eigenvalue weighted by atomic mass is 10.0. The minimum Gasteiger partial charge on any atom is -0.378 e. The van der Waals surface area contributed by atoms with E-state index in [1.807, 2.05) is 0 Å². The standard InChI is InChI=1S/C14H11F3N4O3/c15-14(16,17)9-4-2-1-3-8(9)7-12(22)19-11-6-5-10(21(23)24)13(18)20-11/h1-6H,7H2,(H3,18,19,20,22). The van der Waals surface area contributed by atoms with Gasteiger partial charge in [0.1, 0.15) is 5.82 Å². The molecule has 2 rings (SSSR count). The first-order valence-corrected chi connectivity index (χ1v) is 6.54. The number of carbonyl (C=O) groups is 1. The minimum atomic E-state index is -4.58. The van der Waals surface area contributed by atoms with E-state index in [1.54, 1.807) is 0 Å². The summed E-state index contributed by atoms with van der Waals surface area (Å²) in [6, 6.07) is 6.87. The number of anilines is 2. The van der Waals surface area contributed by atoms with E-state index in [0.717, 1.165) is 18.2 Å². The van der Waals surface area contributed by atoms with Crippen LogP contribution < -0.4 is 11.1 Å². The summed E-state index contributed by atoms with van der Waals surface area (Å²) in [5, 5.41) is 12.9. The number of benzene rings is 1. The fourth-order valence-electron chi connectivity index (χ4n) is 2.00. The fourth-order valence-corrected chi connectivity index (χ4v) is 2.00. The number of nitrogen functional groups attached to an aromatic ring is 1. The minimum absolute atomic E-state index is 0.0902. The number of nitrogens with one attached hydrogen (secondary N) is 1. The van der Waals surface area contributed by atoms with Gasteiger partial charge < -0.3 is 11.1 Å². The van der Waals surface area contributed by atoms with E-state index in [1.165, 1.54) is 18.2 Å². The molecular formula is C14H11F3N4O3. The van der Waals surface area contributed by atoms with Crippen LogP contribution in [-0.2, 0) is 17.4 Å². The van der Waals surface area contributed by atoms with Gasteiger partial charge in [-0.05, 0) is 17.7 Å². The SMILES string of the molecule is Nc1nc(NC(=O)Cc2ccccc2C(F)(F)F)ccc1[N+](=O)[O-]. The highest BCUT2D eigenvalue weighted by Crippen LogP contribution is 2.32. The largest absolute Gasteiger partial charge is 0.416 e. The lowest BCUT2D eigenvalue weighted by Crippen LogP contribution is -2.18. The number of aromatic nitrogens is 1. The van der Waals surface area contributed by atoms with Gasteiger partial charge in [-0.1, -0.05) is 18.2 Å². The first-order valence-electron chi connectivity index (χ1n) is 6.54. The van der Waals surface area contributed by atoms with Crippen LogP contribution in [0.25, 0.3) is 0 Å². The molecular weight excluding hydrogens is 329 g/mol. The Morgan fingerprint density at radius 1 is 1.25 bits per heavy atom. The van der Waals surface area contributed by atoms with Gasteiger partial charge in [-0.15, -0.1) is 0 Å². The number of halogens is 3. The van der Waals surface area contributed by atoms with Crippen molar-refractivity contribution in [2.75, 3.05) is 11.1 Å². The molecule has 0 fully saturated rings. The summed E-state index contributed by atoms with van der Waals surface area (Å²) in [5.74, 6) is -1.26. The van der Waals surface area contributed by atoms with Gasteiger partial charge in [-0.25, -0.2) is 4.98 Å². The summed E-state index contributed by atoms with van der Waals surface area (Å²) in [6.45, 7) is 0. The number of rotatable bonds is 4. The number of nitrogens with two attached hydrogens (primary N) is 1. The average molecular weight is 340 g/mol. The Labute approximate surface area is 133 Å². The van der Waals surface area contributed by atoms with E-state index in [4.69, 9.17) is 5.73 Å². The molecule has 7 nitrogen and oxygen atoms in total. The summed E-state index contributed by atoms with van der Waals surface area (Å²) >= 11 is 0. The average Bonchev–Trinajstić information content (AvgIpc) is 2.46. The Kier molecular flexibility index (Phi) is 4.67. The normalized spacial score (nSPS) is 11.1. The molecule has 3 N–H and O–H groups in total. The van der Waals surface area contributed by atoms with Crippen molar-refractivity contribution in [2.45, 2.75) is 12.6 Å². The van der Waals surface area contributed by atoms with Gasteiger partial charge in [-0.2, -0.15) is 13.2 Å². The molecule has 0 aliphatic heterocycles. The summed E-state index contributed by atoms with van der Waals surface area (Å²) in [7, 11) is 0. The molecule has 24 heavy (non-hydrogen) atoms. The predicted molar refractivity (Wildman–Crippen MR) is 79.1 cm³/mol. The third-order valence-corrected chi connectivity index (χ3v) is 3.04. The first kappa shape index (κ1) is 17.2. The predicted octanol–water partition coefficient (Wildman–Crippen LogP) is 2.77. The van der Waals surface area contributed by atoms with Crippen molar-refractivity contribution in [3.63, 3.8) is 0 Å². The number of pyridine rings is 1. The summed E-state index contributed by atoms with van der Waals surface area (Å²) in [6.07, 6.45) is -5.11. The molecule has 1 amide bonds. The molecule has 0 spiro atoms. The highest BCUT2D eigenvalue weighted by Gasteiger charge is 2.33. The lowest BCUT2D eigenvalue weighted by molar-refractivity contribution is -0.384. The van der Waals surface area contributed by atoms with E-state index >= 15 is 0 Å². The van der Waals surface area contributed by atoms with Crippen LogP contribution in [0.3, 0.4) is 0 Å². The van der Waals surface area contributed by atoms with E-state index in [2.05, 4.69) is 10.3 Å². The molecule has 1 aromatic heterocycles. The van der Waals surface area contributed by atoms with E-state index in [9.17, 15) is 28.1 Å². The third-order valence-electron chi connectivity index (χ3n) is 3.04. The highest BCUT2D eigenvalue weighted by atomic mass is 19.4. The number of nitro groups is 1. The maximum Gasteiger partial charge on any atom is 0.416 e. The van der Waals surface area contributed by atoms with E-state index in [-0.39, 0.29) is 11.4 Å². The molecule has 10 heteroatoms. The Morgan fingerprint density at radius 2 is 1.92 bits per heavy atom. The smallest absolute Gasteiger partial charge is 0.378 e. The van der Waals surface area contributed by atoms with Gasteiger partial charge in [0.25, 0.3) is 0 Å². The Morgan fingerprint density at radius 3 is 2.50 bits per heavy atom. The summed E-state index contributed by atoms with van der Waals surface area (Å²) < 4.78 is 38.6. The molecule has 0 unspecified atom stereocenters. The summed E-state index contributed by atoms with van der Waals surface area (Å²) in [4.78, 5) is 25.4. The van der Waals surface area contributed by atoms with Gasteiger partial charge in [-0.3, -0.25) is 14.9 Å². The number of hydrogen-bond acceptors (Lipinski definition) is 5. The molecule has 0 aliphatic carbocycles. The van der Waals surface area contributed by atoms with Crippen molar-refractivity contribution in [3.8, 4) is 0 Å². The van der Waals surface area contributed by atoms with Crippen molar-refractivity contribution in [1.82, 2.24) is 4.98 Å². The number of hydrogen-bond donors (Lipinski definition) is 2. The van der Waals surface area contributed by atoms with Gasteiger partial charge >= 0.3 is 11.9 Å². The van der Waals surface area contributed by atoms with Crippen LogP contribution in [0.1, 0.15) is 11.1 Å². The first-order chi connectivity index (χ1) is 11.2. The molecule has 0 aliphatic rings. The zero-order valence-corrected chi connectivity index (χ0v) is 12.0. The number of carbonyl (C=O) groups excluding carboxylic acids is 1. The molecule has 0 bridgehead atoms. The Bertz CT molecular complexity index is 793. The topological polar surface area (TPSA) is 111 Å². The van der Waals surface area contributed by atoms with Gasteiger partial charge in [0.2, 0.25) is 11.7 Å². The second kappa shape index (κ2) is 6.52. The second-order valence-electron chi connectivity index (χ2n) is 4.74. The van der Waals surface area contributed by atoms with Crippen molar-refractivity contribution in [3.05, 3.63) is 57.6 Å². The second-order valence-corrected chi connectivity index (χ2v) is 4.74. The molecule has 0 saturated carbocycles. The van der Waals surface area contributed by atoms with Crippen molar-refractivity contribution in [1.29, 1.82) is 0 Å². The molecule has 2 aromatic rings. The molecule has 0 radical (unpaired) electrons. The lowest BCUT2D eigenvalue weighted by Gasteiger charge is -2.12. The molecule has 0 saturated heterocycles. The number of amides is 1. The van der Waals surface area contributed by atoms with Crippen LogP contribution in [0.15, 0.2) is 36.4 Å². The van der Waals surface area contributed by atoms with Crippen LogP contribution in [-0.4, -0.2) is 15.8 Å². The van der Waals surface area contributed by atoms with Crippen LogP contribution in [0.4, 0.5) is 30.5 Å². The maximum absolute atomic E-state index is 12.9. The quantitative estimate of drug-likeness (QED) is 0.657. The van der Waals surface area contributed by atoms with Crippen LogP contribution in [0, 0.1) is 10.1 Å². The maximum atomic E-state index is 12.9. The van der Waals surface area contributed by atoms with Gasteiger partial charge in [0, 0.05) is 6.07 Å². The fraction of sp³-hybridized carbons (Fsp3) is 0.143. The Hall–Kier alpha value is -3.17. The zero-order chi connectivity index (χ0) is 17.9. The molecule has 0 atom stereocenters. The number of alkyl halides is 3. The Balaban J connectivity index is 2.15. The van der Waals surface area contributed by atoms with Crippen LogP contribution in [0.5, 0.6) is 0 Å².